The molecule has 1 saturated heterocycles. The number of benzene rings is 1. The second kappa shape index (κ2) is 5.41. The standard InChI is InChI=1S/C16H17ClN2O/c1-11-6-8-19(9-7-11)16(20)15-10-13(17)12-4-2-3-5-14(12)18-15/h2-5,10-11H,6-9H2,1H3. The first-order valence-corrected chi connectivity index (χ1v) is 7.37. The molecule has 3 rings (SSSR count). The van der Waals surface area contributed by atoms with E-state index in [4.69, 9.17) is 11.6 Å². The van der Waals surface area contributed by atoms with E-state index < -0.39 is 0 Å². The Morgan fingerprint density at radius 1 is 1.30 bits per heavy atom. The zero-order chi connectivity index (χ0) is 14.1. The number of carbonyl (C=O) groups excluding carboxylic acids is 1. The van der Waals surface area contributed by atoms with Gasteiger partial charge in [-0.3, -0.25) is 4.79 Å². The number of amides is 1. The molecule has 0 atom stereocenters. The molecule has 2 heterocycles. The molecule has 20 heavy (non-hydrogen) atoms. The van der Waals surface area contributed by atoms with Crippen LogP contribution in [0.1, 0.15) is 30.3 Å². The first-order valence-electron chi connectivity index (χ1n) is 6.99. The van der Waals surface area contributed by atoms with Crippen LogP contribution in [0.3, 0.4) is 0 Å². The van der Waals surface area contributed by atoms with Crippen LogP contribution in [0.5, 0.6) is 0 Å². The van der Waals surface area contributed by atoms with Crippen molar-refractivity contribution in [1.29, 1.82) is 0 Å². The average Bonchev–Trinajstić information content (AvgIpc) is 2.47. The molecule has 0 radical (unpaired) electrons. The Hall–Kier alpha value is -1.61. The summed E-state index contributed by atoms with van der Waals surface area (Å²) in [5.41, 5.74) is 1.22. The molecule has 0 unspecified atom stereocenters. The third-order valence-electron chi connectivity index (χ3n) is 3.96. The van der Waals surface area contributed by atoms with Gasteiger partial charge < -0.3 is 4.90 Å². The molecule has 0 spiro atoms. The van der Waals surface area contributed by atoms with Crippen LogP contribution in [0.15, 0.2) is 30.3 Å². The summed E-state index contributed by atoms with van der Waals surface area (Å²) in [6, 6.07) is 9.31. The van der Waals surface area contributed by atoms with Crippen molar-refractivity contribution in [2.45, 2.75) is 19.8 Å². The maximum atomic E-state index is 12.5. The predicted molar refractivity (Wildman–Crippen MR) is 81.1 cm³/mol. The number of rotatable bonds is 1. The lowest BCUT2D eigenvalue weighted by molar-refractivity contribution is 0.0691. The van der Waals surface area contributed by atoms with E-state index in [0.29, 0.717) is 16.6 Å². The summed E-state index contributed by atoms with van der Waals surface area (Å²) in [5, 5.41) is 1.47. The van der Waals surface area contributed by atoms with E-state index >= 15 is 0 Å². The third-order valence-corrected chi connectivity index (χ3v) is 4.27. The lowest BCUT2D eigenvalue weighted by Gasteiger charge is -2.30. The Kier molecular flexibility index (Phi) is 3.62. The number of nitrogens with zero attached hydrogens (tertiary/aromatic N) is 2. The lowest BCUT2D eigenvalue weighted by atomic mass is 9.99. The highest BCUT2D eigenvalue weighted by Gasteiger charge is 2.23. The molecule has 1 aliphatic heterocycles. The number of para-hydroxylation sites is 1. The van der Waals surface area contributed by atoms with Gasteiger partial charge >= 0.3 is 0 Å². The fourth-order valence-electron chi connectivity index (χ4n) is 2.62. The van der Waals surface area contributed by atoms with Crippen LogP contribution in [0.25, 0.3) is 10.9 Å². The summed E-state index contributed by atoms with van der Waals surface area (Å²) in [4.78, 5) is 18.8. The van der Waals surface area contributed by atoms with E-state index in [1.165, 1.54) is 0 Å². The Morgan fingerprint density at radius 2 is 2.00 bits per heavy atom. The maximum Gasteiger partial charge on any atom is 0.272 e. The first kappa shape index (κ1) is 13.4. The highest BCUT2D eigenvalue weighted by Crippen LogP contribution is 2.24. The van der Waals surface area contributed by atoms with Crippen molar-refractivity contribution < 1.29 is 4.79 Å². The van der Waals surface area contributed by atoms with Crippen molar-refractivity contribution in [2.24, 2.45) is 5.92 Å². The van der Waals surface area contributed by atoms with Crippen LogP contribution in [-0.2, 0) is 0 Å². The van der Waals surface area contributed by atoms with Crippen LogP contribution in [0, 0.1) is 5.92 Å². The van der Waals surface area contributed by atoms with E-state index in [0.717, 1.165) is 36.8 Å². The summed E-state index contributed by atoms with van der Waals surface area (Å²) < 4.78 is 0. The number of halogens is 1. The molecule has 1 fully saturated rings. The van der Waals surface area contributed by atoms with Crippen LogP contribution >= 0.6 is 11.6 Å². The average molecular weight is 289 g/mol. The fraction of sp³-hybridized carbons (Fsp3) is 0.375. The summed E-state index contributed by atoms with van der Waals surface area (Å²) in [6.07, 6.45) is 2.13. The number of aromatic nitrogens is 1. The van der Waals surface area contributed by atoms with Crippen LogP contribution in [0.2, 0.25) is 5.02 Å². The van der Waals surface area contributed by atoms with E-state index in [2.05, 4.69) is 11.9 Å². The SMILES string of the molecule is CC1CCN(C(=O)c2cc(Cl)c3ccccc3n2)CC1. The highest BCUT2D eigenvalue weighted by molar-refractivity contribution is 6.35. The molecule has 1 aliphatic rings. The molecule has 104 valence electrons. The predicted octanol–water partition coefficient (Wildman–Crippen LogP) is 3.76. The molecule has 1 aromatic carbocycles. The number of hydrogen-bond acceptors (Lipinski definition) is 2. The number of likely N-dealkylation sites (tertiary alicyclic amines) is 1. The quantitative estimate of drug-likeness (QED) is 0.800. The molecular formula is C16H17ClN2O. The second-order valence-electron chi connectivity index (χ2n) is 5.48. The van der Waals surface area contributed by atoms with Crippen molar-refractivity contribution in [1.82, 2.24) is 9.88 Å². The molecule has 0 aliphatic carbocycles. The van der Waals surface area contributed by atoms with Gasteiger partial charge in [0, 0.05) is 18.5 Å². The minimum atomic E-state index is -0.00967. The highest BCUT2D eigenvalue weighted by atomic mass is 35.5. The van der Waals surface area contributed by atoms with Gasteiger partial charge in [0.25, 0.3) is 5.91 Å². The van der Waals surface area contributed by atoms with Gasteiger partial charge in [0.2, 0.25) is 0 Å². The van der Waals surface area contributed by atoms with E-state index in [1.807, 2.05) is 29.2 Å². The normalized spacial score (nSPS) is 16.6. The van der Waals surface area contributed by atoms with Gasteiger partial charge in [-0.1, -0.05) is 36.7 Å². The van der Waals surface area contributed by atoms with E-state index in [1.54, 1.807) is 6.07 Å². The molecule has 2 aromatic rings. The van der Waals surface area contributed by atoms with Crippen molar-refractivity contribution in [3.63, 3.8) is 0 Å². The smallest absolute Gasteiger partial charge is 0.272 e. The number of carbonyl (C=O) groups is 1. The Balaban J connectivity index is 1.92. The van der Waals surface area contributed by atoms with Gasteiger partial charge in [-0.15, -0.1) is 0 Å². The lowest BCUT2D eigenvalue weighted by Crippen LogP contribution is -2.38. The van der Waals surface area contributed by atoms with Gasteiger partial charge in [-0.25, -0.2) is 4.98 Å². The maximum absolute atomic E-state index is 12.5. The van der Waals surface area contributed by atoms with Crippen molar-refractivity contribution in [3.8, 4) is 0 Å². The number of pyridine rings is 1. The summed E-state index contributed by atoms with van der Waals surface area (Å²) in [7, 11) is 0. The van der Waals surface area contributed by atoms with Gasteiger partial charge in [0.05, 0.1) is 10.5 Å². The molecular weight excluding hydrogens is 272 g/mol. The monoisotopic (exact) mass is 288 g/mol. The van der Waals surface area contributed by atoms with Crippen LogP contribution in [-0.4, -0.2) is 28.9 Å². The van der Waals surface area contributed by atoms with Crippen molar-refractivity contribution >= 4 is 28.4 Å². The van der Waals surface area contributed by atoms with Crippen LogP contribution < -0.4 is 0 Å². The minimum Gasteiger partial charge on any atom is -0.337 e. The zero-order valence-corrected chi connectivity index (χ0v) is 12.2. The first-order chi connectivity index (χ1) is 9.65. The topological polar surface area (TPSA) is 33.2 Å². The molecule has 0 N–H and O–H groups in total. The second-order valence-corrected chi connectivity index (χ2v) is 5.89. The van der Waals surface area contributed by atoms with Gasteiger partial charge in [0.15, 0.2) is 0 Å². The molecule has 3 nitrogen and oxygen atoms in total. The van der Waals surface area contributed by atoms with Crippen molar-refractivity contribution in [3.05, 3.63) is 41.0 Å². The van der Waals surface area contributed by atoms with Gasteiger partial charge in [0.1, 0.15) is 5.69 Å². The zero-order valence-electron chi connectivity index (χ0n) is 11.5. The molecule has 0 saturated carbocycles. The van der Waals surface area contributed by atoms with E-state index in [-0.39, 0.29) is 5.91 Å². The number of fused-ring (bicyclic) bond motifs is 1. The molecule has 1 amide bonds. The summed E-state index contributed by atoms with van der Waals surface area (Å²) >= 11 is 6.26. The summed E-state index contributed by atoms with van der Waals surface area (Å²) in [5.74, 6) is 0.691. The summed E-state index contributed by atoms with van der Waals surface area (Å²) in [6.45, 7) is 3.85. The third kappa shape index (κ3) is 2.50. The largest absolute Gasteiger partial charge is 0.337 e. The molecule has 0 bridgehead atoms. The van der Waals surface area contributed by atoms with Crippen molar-refractivity contribution in [2.75, 3.05) is 13.1 Å². The van der Waals surface area contributed by atoms with Crippen LogP contribution in [0.4, 0.5) is 0 Å². The van der Waals surface area contributed by atoms with E-state index in [9.17, 15) is 4.79 Å². The molecule has 1 aromatic heterocycles. The number of hydrogen-bond donors (Lipinski definition) is 0. The molecule has 4 heteroatoms. The Labute approximate surface area is 123 Å². The Morgan fingerprint density at radius 3 is 2.75 bits per heavy atom. The minimum absolute atomic E-state index is 0.00967. The number of piperidine rings is 1. The van der Waals surface area contributed by atoms with Gasteiger partial charge in [-0.2, -0.15) is 0 Å². The fourth-order valence-corrected chi connectivity index (χ4v) is 2.88. The Bertz CT molecular complexity index is 648. The van der Waals surface area contributed by atoms with Gasteiger partial charge in [-0.05, 0) is 30.9 Å².